The second kappa shape index (κ2) is 5.79. The molecule has 2 aromatic rings. The lowest BCUT2D eigenvalue weighted by Crippen LogP contribution is -2.36. The van der Waals surface area contributed by atoms with Crippen molar-refractivity contribution in [1.82, 2.24) is 9.88 Å². The summed E-state index contributed by atoms with van der Waals surface area (Å²) in [5.41, 5.74) is 3.62. The number of amides is 1. The van der Waals surface area contributed by atoms with Crippen molar-refractivity contribution in [3.05, 3.63) is 58.9 Å². The summed E-state index contributed by atoms with van der Waals surface area (Å²) in [6, 6.07) is 11.7. The Morgan fingerprint density at radius 2 is 1.95 bits per heavy atom. The van der Waals surface area contributed by atoms with Gasteiger partial charge in [-0.05, 0) is 37.6 Å². The molecule has 1 atom stereocenters. The predicted octanol–water partition coefficient (Wildman–Crippen LogP) is 2.77. The zero-order chi connectivity index (χ0) is 15.7. The van der Waals surface area contributed by atoms with Gasteiger partial charge in [0.1, 0.15) is 11.9 Å². The van der Waals surface area contributed by atoms with Gasteiger partial charge in [0.15, 0.2) is 0 Å². The number of likely N-dealkylation sites (N-methyl/N-ethyl adjacent to an activating group) is 1. The molecule has 1 amide bonds. The van der Waals surface area contributed by atoms with E-state index in [1.165, 1.54) is 5.56 Å². The topological polar surface area (TPSA) is 42.4 Å². The Balaban J connectivity index is 1.68. The van der Waals surface area contributed by atoms with Gasteiger partial charge in [-0.1, -0.05) is 18.2 Å². The summed E-state index contributed by atoms with van der Waals surface area (Å²) in [6.07, 6.45) is 0.873. The second-order valence-corrected chi connectivity index (χ2v) is 5.88. The van der Waals surface area contributed by atoms with Crippen molar-refractivity contribution in [2.24, 2.45) is 0 Å². The summed E-state index contributed by atoms with van der Waals surface area (Å²) in [4.78, 5) is 18.6. The standard InChI is InChI=1S/C18H20N2O2/c1-12-8-15(9-13(2)19-12)18(21)20(3)11-16-10-14-6-4-5-7-17(14)22-16/h4-9,16H,10-11H2,1-3H3/t16-/m0/s1. The second-order valence-electron chi connectivity index (χ2n) is 5.88. The lowest BCUT2D eigenvalue weighted by atomic mass is 10.1. The van der Waals surface area contributed by atoms with E-state index in [1.807, 2.05) is 51.2 Å². The van der Waals surface area contributed by atoms with Crippen molar-refractivity contribution < 1.29 is 9.53 Å². The third-order valence-corrected chi connectivity index (χ3v) is 3.87. The number of nitrogens with zero attached hydrogens (tertiary/aromatic N) is 2. The summed E-state index contributed by atoms with van der Waals surface area (Å²) >= 11 is 0. The van der Waals surface area contributed by atoms with Gasteiger partial charge in [-0.2, -0.15) is 0 Å². The van der Waals surface area contributed by atoms with Gasteiger partial charge in [-0.25, -0.2) is 0 Å². The molecule has 4 heteroatoms. The average Bonchev–Trinajstić information content (AvgIpc) is 2.87. The van der Waals surface area contributed by atoms with Crippen LogP contribution in [0.4, 0.5) is 0 Å². The molecular weight excluding hydrogens is 276 g/mol. The molecular formula is C18H20N2O2. The number of benzene rings is 1. The van der Waals surface area contributed by atoms with E-state index in [1.54, 1.807) is 4.90 Å². The van der Waals surface area contributed by atoms with Crippen molar-refractivity contribution in [1.29, 1.82) is 0 Å². The van der Waals surface area contributed by atoms with Crippen molar-refractivity contribution >= 4 is 5.91 Å². The third-order valence-electron chi connectivity index (χ3n) is 3.87. The molecule has 114 valence electrons. The minimum absolute atomic E-state index is 0.00755. The van der Waals surface area contributed by atoms with Crippen LogP contribution < -0.4 is 4.74 Å². The highest BCUT2D eigenvalue weighted by Crippen LogP contribution is 2.28. The van der Waals surface area contributed by atoms with Crippen molar-refractivity contribution in [3.8, 4) is 5.75 Å². The van der Waals surface area contributed by atoms with Gasteiger partial charge in [0.2, 0.25) is 0 Å². The Bertz CT molecular complexity index is 667. The van der Waals surface area contributed by atoms with Gasteiger partial charge >= 0.3 is 0 Å². The number of hydrogen-bond acceptors (Lipinski definition) is 3. The number of hydrogen-bond donors (Lipinski definition) is 0. The molecule has 0 aliphatic carbocycles. The summed E-state index contributed by atoms with van der Waals surface area (Å²) in [5.74, 6) is 0.942. The maximum atomic E-state index is 12.6. The molecule has 0 bridgehead atoms. The Kier molecular flexibility index (Phi) is 3.84. The number of aromatic nitrogens is 1. The van der Waals surface area contributed by atoms with E-state index in [9.17, 15) is 4.79 Å². The Morgan fingerprint density at radius 1 is 1.27 bits per heavy atom. The number of carbonyl (C=O) groups excluding carboxylic acids is 1. The first-order valence-corrected chi connectivity index (χ1v) is 7.48. The molecule has 1 aliphatic rings. The highest BCUT2D eigenvalue weighted by molar-refractivity contribution is 5.94. The van der Waals surface area contributed by atoms with Crippen LogP contribution in [0.25, 0.3) is 0 Å². The van der Waals surface area contributed by atoms with Crippen LogP contribution in [0.5, 0.6) is 5.75 Å². The Morgan fingerprint density at radius 3 is 2.64 bits per heavy atom. The summed E-state index contributed by atoms with van der Waals surface area (Å²) in [5, 5.41) is 0. The molecule has 1 aromatic carbocycles. The van der Waals surface area contributed by atoms with Crippen LogP contribution >= 0.6 is 0 Å². The lowest BCUT2D eigenvalue weighted by molar-refractivity contribution is 0.0730. The summed E-state index contributed by atoms with van der Waals surface area (Å²) in [6.45, 7) is 4.38. The Hall–Kier alpha value is -2.36. The molecule has 0 spiro atoms. The average molecular weight is 296 g/mol. The van der Waals surface area contributed by atoms with Crippen LogP contribution in [-0.2, 0) is 6.42 Å². The molecule has 3 rings (SSSR count). The van der Waals surface area contributed by atoms with Gasteiger partial charge in [0, 0.05) is 30.4 Å². The molecule has 4 nitrogen and oxygen atoms in total. The molecule has 22 heavy (non-hydrogen) atoms. The molecule has 0 unspecified atom stereocenters. The number of ether oxygens (including phenoxy) is 1. The van der Waals surface area contributed by atoms with Crippen LogP contribution in [0.2, 0.25) is 0 Å². The van der Waals surface area contributed by atoms with E-state index >= 15 is 0 Å². The first kappa shape index (κ1) is 14.6. The van der Waals surface area contributed by atoms with Crippen LogP contribution in [-0.4, -0.2) is 35.5 Å². The normalized spacial score (nSPS) is 16.0. The van der Waals surface area contributed by atoms with Gasteiger partial charge < -0.3 is 9.64 Å². The van der Waals surface area contributed by atoms with Crippen LogP contribution in [0.3, 0.4) is 0 Å². The van der Waals surface area contributed by atoms with Crippen LogP contribution in [0.15, 0.2) is 36.4 Å². The summed E-state index contributed by atoms with van der Waals surface area (Å²) < 4.78 is 5.90. The largest absolute Gasteiger partial charge is 0.488 e. The van der Waals surface area contributed by atoms with Crippen molar-refractivity contribution in [2.45, 2.75) is 26.4 Å². The monoisotopic (exact) mass is 296 g/mol. The van der Waals surface area contributed by atoms with E-state index in [0.29, 0.717) is 12.1 Å². The zero-order valence-corrected chi connectivity index (χ0v) is 13.2. The van der Waals surface area contributed by atoms with Crippen molar-refractivity contribution in [2.75, 3.05) is 13.6 Å². The fourth-order valence-corrected chi connectivity index (χ4v) is 2.92. The molecule has 0 saturated heterocycles. The minimum Gasteiger partial charge on any atom is -0.488 e. The smallest absolute Gasteiger partial charge is 0.253 e. The number of aryl methyl sites for hydroxylation is 2. The van der Waals surface area contributed by atoms with E-state index in [0.717, 1.165) is 23.6 Å². The number of rotatable bonds is 3. The maximum Gasteiger partial charge on any atom is 0.253 e. The maximum absolute atomic E-state index is 12.6. The first-order chi connectivity index (χ1) is 10.5. The van der Waals surface area contributed by atoms with Gasteiger partial charge in [-0.15, -0.1) is 0 Å². The summed E-state index contributed by atoms with van der Waals surface area (Å²) in [7, 11) is 1.82. The molecule has 1 aromatic heterocycles. The van der Waals surface area contributed by atoms with Crippen molar-refractivity contribution in [3.63, 3.8) is 0 Å². The van der Waals surface area contributed by atoms with E-state index in [2.05, 4.69) is 11.1 Å². The molecule has 0 fully saturated rings. The van der Waals surface area contributed by atoms with E-state index < -0.39 is 0 Å². The number of pyridine rings is 1. The number of fused-ring (bicyclic) bond motifs is 1. The fraction of sp³-hybridized carbons (Fsp3) is 0.333. The van der Waals surface area contributed by atoms with Crippen LogP contribution in [0, 0.1) is 13.8 Å². The van der Waals surface area contributed by atoms with E-state index in [-0.39, 0.29) is 12.0 Å². The first-order valence-electron chi connectivity index (χ1n) is 7.48. The quantitative estimate of drug-likeness (QED) is 0.874. The number of carbonyl (C=O) groups is 1. The fourth-order valence-electron chi connectivity index (χ4n) is 2.92. The molecule has 0 N–H and O–H groups in total. The molecule has 2 heterocycles. The lowest BCUT2D eigenvalue weighted by Gasteiger charge is -2.21. The van der Waals surface area contributed by atoms with Gasteiger partial charge in [0.05, 0.1) is 6.54 Å². The zero-order valence-electron chi connectivity index (χ0n) is 13.2. The highest BCUT2D eigenvalue weighted by Gasteiger charge is 2.25. The number of para-hydroxylation sites is 1. The third kappa shape index (κ3) is 2.96. The van der Waals surface area contributed by atoms with E-state index in [4.69, 9.17) is 4.74 Å². The SMILES string of the molecule is Cc1cc(C(=O)N(C)C[C@@H]2Cc3ccccc3O2)cc(C)n1. The Labute approximate surface area is 130 Å². The molecule has 0 saturated carbocycles. The van der Waals surface area contributed by atoms with Crippen LogP contribution in [0.1, 0.15) is 27.3 Å². The minimum atomic E-state index is 0.00755. The highest BCUT2D eigenvalue weighted by atomic mass is 16.5. The van der Waals surface area contributed by atoms with Gasteiger partial charge in [0.25, 0.3) is 5.91 Å². The molecule has 1 aliphatic heterocycles. The molecule has 0 radical (unpaired) electrons. The predicted molar refractivity (Wildman–Crippen MR) is 85.2 cm³/mol. The van der Waals surface area contributed by atoms with Gasteiger partial charge in [-0.3, -0.25) is 9.78 Å².